The van der Waals surface area contributed by atoms with Gasteiger partial charge in [0, 0.05) is 22.8 Å². The lowest BCUT2D eigenvalue weighted by molar-refractivity contribution is -0.145. The molecule has 1 aromatic rings. The van der Waals surface area contributed by atoms with Crippen molar-refractivity contribution in [3.63, 3.8) is 0 Å². The smallest absolute Gasteiger partial charge is 0.328 e. The Morgan fingerprint density at radius 1 is 1.42 bits per heavy atom. The van der Waals surface area contributed by atoms with Gasteiger partial charge in [-0.25, -0.2) is 4.79 Å². The third-order valence-corrected chi connectivity index (χ3v) is 3.37. The van der Waals surface area contributed by atoms with Crippen LogP contribution >= 0.6 is 11.6 Å². The minimum absolute atomic E-state index is 0.248. The van der Waals surface area contributed by atoms with E-state index in [4.69, 9.17) is 22.1 Å². The van der Waals surface area contributed by atoms with Gasteiger partial charge in [0.05, 0.1) is 7.11 Å². The summed E-state index contributed by atoms with van der Waals surface area (Å²) in [5, 5.41) is 0.400. The number of anilines is 1. The molecule has 1 fully saturated rings. The Labute approximate surface area is 116 Å². The highest BCUT2D eigenvalue weighted by Gasteiger charge is 2.35. The van der Waals surface area contributed by atoms with Crippen LogP contribution in [0.3, 0.4) is 0 Å². The van der Waals surface area contributed by atoms with Crippen LogP contribution in [-0.4, -0.2) is 36.5 Å². The molecule has 1 aliphatic rings. The average Bonchev–Trinajstić information content (AvgIpc) is 2.84. The first-order valence-corrected chi connectivity index (χ1v) is 6.35. The predicted molar refractivity (Wildman–Crippen MR) is 71.9 cm³/mol. The third kappa shape index (κ3) is 2.81. The molecule has 0 saturated carbocycles. The number of esters is 1. The maximum atomic E-state index is 12.4. The quantitative estimate of drug-likeness (QED) is 0.662. The molecule has 6 heteroatoms. The minimum Gasteiger partial charge on any atom is -0.467 e. The van der Waals surface area contributed by atoms with Crippen molar-refractivity contribution in [2.24, 2.45) is 0 Å². The molecule has 0 spiro atoms. The van der Waals surface area contributed by atoms with Gasteiger partial charge in [-0.2, -0.15) is 0 Å². The molecular formula is C13H15ClN2O3. The summed E-state index contributed by atoms with van der Waals surface area (Å²) in [7, 11) is 1.32. The summed E-state index contributed by atoms with van der Waals surface area (Å²) in [6.07, 6.45) is 1.40. The first kappa shape index (κ1) is 13.7. The molecule has 0 aromatic heterocycles. The summed E-state index contributed by atoms with van der Waals surface area (Å²) in [4.78, 5) is 25.5. The van der Waals surface area contributed by atoms with E-state index in [0.29, 0.717) is 29.2 Å². The van der Waals surface area contributed by atoms with E-state index in [2.05, 4.69) is 0 Å². The zero-order chi connectivity index (χ0) is 14.0. The molecule has 1 saturated heterocycles. The van der Waals surface area contributed by atoms with Crippen LogP contribution in [0.1, 0.15) is 23.2 Å². The maximum Gasteiger partial charge on any atom is 0.328 e. The van der Waals surface area contributed by atoms with E-state index < -0.39 is 6.04 Å². The third-order valence-electron chi connectivity index (χ3n) is 3.15. The number of carbonyl (C=O) groups is 2. The highest BCUT2D eigenvalue weighted by atomic mass is 35.5. The van der Waals surface area contributed by atoms with Crippen molar-refractivity contribution in [2.45, 2.75) is 18.9 Å². The normalized spacial score (nSPS) is 18.4. The van der Waals surface area contributed by atoms with Gasteiger partial charge in [0.15, 0.2) is 0 Å². The SMILES string of the molecule is COC(=O)C1CCCN1C(=O)c1cc(N)cc(Cl)c1. The molecule has 2 N–H and O–H groups in total. The van der Waals surface area contributed by atoms with Crippen LogP contribution in [-0.2, 0) is 9.53 Å². The number of ether oxygens (including phenoxy) is 1. The molecule has 1 unspecified atom stereocenters. The van der Waals surface area contributed by atoms with Crippen LogP contribution in [0.5, 0.6) is 0 Å². The van der Waals surface area contributed by atoms with Crippen LogP contribution in [0.25, 0.3) is 0 Å². The van der Waals surface area contributed by atoms with Crippen molar-refractivity contribution < 1.29 is 14.3 Å². The molecule has 1 aliphatic heterocycles. The minimum atomic E-state index is -0.516. The monoisotopic (exact) mass is 282 g/mol. The molecule has 0 aliphatic carbocycles. The molecule has 2 rings (SSSR count). The summed E-state index contributed by atoms with van der Waals surface area (Å²) in [6, 6.07) is 4.16. The van der Waals surface area contributed by atoms with Crippen molar-refractivity contribution in [3.05, 3.63) is 28.8 Å². The van der Waals surface area contributed by atoms with Crippen molar-refractivity contribution in [3.8, 4) is 0 Å². The van der Waals surface area contributed by atoms with Gasteiger partial charge < -0.3 is 15.4 Å². The Morgan fingerprint density at radius 2 is 2.16 bits per heavy atom. The lowest BCUT2D eigenvalue weighted by Gasteiger charge is -2.22. The van der Waals surface area contributed by atoms with Gasteiger partial charge in [-0.05, 0) is 31.0 Å². The van der Waals surface area contributed by atoms with E-state index in [1.54, 1.807) is 18.2 Å². The molecule has 1 amide bonds. The van der Waals surface area contributed by atoms with Crippen molar-refractivity contribution >= 4 is 29.2 Å². The van der Waals surface area contributed by atoms with Gasteiger partial charge in [0.25, 0.3) is 5.91 Å². The molecular weight excluding hydrogens is 268 g/mol. The van der Waals surface area contributed by atoms with E-state index in [9.17, 15) is 9.59 Å². The first-order valence-electron chi connectivity index (χ1n) is 5.98. The summed E-state index contributed by atoms with van der Waals surface area (Å²) >= 11 is 5.88. The van der Waals surface area contributed by atoms with Gasteiger partial charge in [0.1, 0.15) is 6.04 Å². The molecule has 5 nitrogen and oxygen atoms in total. The predicted octanol–water partition coefficient (Wildman–Crippen LogP) is 1.70. The zero-order valence-corrected chi connectivity index (χ0v) is 11.3. The summed E-state index contributed by atoms with van der Waals surface area (Å²) < 4.78 is 4.71. The molecule has 19 heavy (non-hydrogen) atoms. The summed E-state index contributed by atoms with van der Waals surface area (Å²) in [6.45, 7) is 0.533. The number of likely N-dealkylation sites (tertiary alicyclic amines) is 1. The van der Waals surface area contributed by atoms with Crippen LogP contribution in [0.4, 0.5) is 5.69 Å². The second-order valence-electron chi connectivity index (χ2n) is 4.45. The Kier molecular flexibility index (Phi) is 3.95. The maximum absolute atomic E-state index is 12.4. The molecule has 102 valence electrons. The Hall–Kier alpha value is -1.75. The molecule has 1 atom stereocenters. The van der Waals surface area contributed by atoms with Gasteiger partial charge in [-0.3, -0.25) is 4.79 Å². The number of nitrogen functional groups attached to an aromatic ring is 1. The van der Waals surface area contributed by atoms with Gasteiger partial charge >= 0.3 is 5.97 Å². The summed E-state index contributed by atoms with van der Waals surface area (Å²) in [5.41, 5.74) is 6.48. The van der Waals surface area contributed by atoms with Crippen molar-refractivity contribution in [1.29, 1.82) is 0 Å². The summed E-state index contributed by atoms with van der Waals surface area (Å²) in [5.74, 6) is -0.636. The van der Waals surface area contributed by atoms with E-state index in [-0.39, 0.29) is 11.9 Å². The number of methoxy groups -OCH3 is 1. The topological polar surface area (TPSA) is 72.6 Å². The number of hydrogen-bond donors (Lipinski definition) is 1. The number of nitrogens with zero attached hydrogens (tertiary/aromatic N) is 1. The highest BCUT2D eigenvalue weighted by molar-refractivity contribution is 6.31. The molecule has 0 radical (unpaired) electrons. The lowest BCUT2D eigenvalue weighted by Crippen LogP contribution is -2.41. The molecule has 0 bridgehead atoms. The lowest BCUT2D eigenvalue weighted by atomic mass is 10.1. The fourth-order valence-corrected chi connectivity index (χ4v) is 2.54. The Balaban J connectivity index is 2.25. The number of rotatable bonds is 2. The number of halogens is 1. The first-order chi connectivity index (χ1) is 9.02. The second kappa shape index (κ2) is 5.48. The van der Waals surface area contributed by atoms with Crippen LogP contribution in [0.15, 0.2) is 18.2 Å². The van der Waals surface area contributed by atoms with Crippen LogP contribution in [0.2, 0.25) is 5.02 Å². The van der Waals surface area contributed by atoms with Crippen molar-refractivity contribution in [1.82, 2.24) is 4.90 Å². The number of benzene rings is 1. The van der Waals surface area contributed by atoms with E-state index in [1.165, 1.54) is 12.0 Å². The van der Waals surface area contributed by atoms with Gasteiger partial charge in [0.2, 0.25) is 0 Å². The fourth-order valence-electron chi connectivity index (χ4n) is 2.29. The van der Waals surface area contributed by atoms with E-state index in [1.807, 2.05) is 0 Å². The Morgan fingerprint density at radius 3 is 2.79 bits per heavy atom. The van der Waals surface area contributed by atoms with E-state index in [0.717, 1.165) is 6.42 Å². The highest BCUT2D eigenvalue weighted by Crippen LogP contribution is 2.24. The van der Waals surface area contributed by atoms with Crippen LogP contribution in [0, 0.1) is 0 Å². The largest absolute Gasteiger partial charge is 0.467 e. The fraction of sp³-hybridized carbons (Fsp3) is 0.385. The number of nitrogens with two attached hydrogens (primary N) is 1. The number of amides is 1. The van der Waals surface area contributed by atoms with Gasteiger partial charge in [-0.1, -0.05) is 11.6 Å². The second-order valence-corrected chi connectivity index (χ2v) is 4.89. The van der Waals surface area contributed by atoms with E-state index >= 15 is 0 Å². The standard InChI is InChI=1S/C13H15ClN2O3/c1-19-13(18)11-3-2-4-16(11)12(17)8-5-9(14)7-10(15)6-8/h5-7,11H,2-4,15H2,1H3. The Bertz CT molecular complexity index is 498. The van der Waals surface area contributed by atoms with Crippen molar-refractivity contribution in [2.75, 3.05) is 19.4 Å². The molecule has 1 heterocycles. The number of carbonyl (C=O) groups excluding carboxylic acids is 2. The zero-order valence-electron chi connectivity index (χ0n) is 10.6. The average molecular weight is 283 g/mol. The van der Waals surface area contributed by atoms with Gasteiger partial charge in [-0.15, -0.1) is 0 Å². The number of hydrogen-bond acceptors (Lipinski definition) is 4. The molecule has 1 aromatic carbocycles. The van der Waals surface area contributed by atoms with Crippen LogP contribution < -0.4 is 5.73 Å².